The summed E-state index contributed by atoms with van der Waals surface area (Å²) in [5.41, 5.74) is 0.995. The van der Waals surface area contributed by atoms with Crippen LogP contribution in [-0.4, -0.2) is 18.0 Å². The molecule has 0 saturated carbocycles. The van der Waals surface area contributed by atoms with E-state index in [1.807, 2.05) is 6.07 Å². The summed E-state index contributed by atoms with van der Waals surface area (Å²) in [5, 5.41) is 14.2. The van der Waals surface area contributed by atoms with Gasteiger partial charge in [0.15, 0.2) is 0 Å². The Labute approximate surface area is 98.8 Å². The maximum absolute atomic E-state index is 10.7. The van der Waals surface area contributed by atoms with E-state index >= 15 is 0 Å². The third kappa shape index (κ3) is 2.51. The first-order chi connectivity index (χ1) is 7.66. The Morgan fingerprint density at radius 2 is 2.38 bits per heavy atom. The zero-order chi connectivity index (χ0) is 11.5. The number of benzene rings is 1. The van der Waals surface area contributed by atoms with Crippen LogP contribution in [0.4, 0.5) is 5.69 Å². The summed E-state index contributed by atoms with van der Waals surface area (Å²) in [7, 11) is 0. The molecule has 0 aromatic heterocycles. The normalized spacial score (nSPS) is 19.9. The molecule has 5 heteroatoms. The molecule has 2 rings (SSSR count). The van der Waals surface area contributed by atoms with E-state index in [2.05, 4.69) is 5.32 Å². The van der Waals surface area contributed by atoms with Crippen LogP contribution in [0, 0.1) is 16.0 Å². The lowest BCUT2D eigenvalue weighted by molar-refractivity contribution is -0.384. The lowest BCUT2D eigenvalue weighted by Crippen LogP contribution is -2.10. The molecule has 0 aliphatic carbocycles. The minimum absolute atomic E-state index is 0.00474. The highest BCUT2D eigenvalue weighted by Gasteiger charge is 2.17. The largest absolute Gasteiger partial charge is 0.316 e. The SMILES string of the molecule is O=[N+]([O-])c1cc(CC2CCNC2)ccc1Cl. The van der Waals surface area contributed by atoms with Gasteiger partial charge in [-0.2, -0.15) is 0 Å². The van der Waals surface area contributed by atoms with Gasteiger partial charge in [-0.3, -0.25) is 10.1 Å². The van der Waals surface area contributed by atoms with Gasteiger partial charge in [0.25, 0.3) is 5.69 Å². The van der Waals surface area contributed by atoms with E-state index in [1.165, 1.54) is 0 Å². The molecule has 0 spiro atoms. The van der Waals surface area contributed by atoms with Gasteiger partial charge in [-0.15, -0.1) is 0 Å². The van der Waals surface area contributed by atoms with Gasteiger partial charge in [0.2, 0.25) is 0 Å². The Kier molecular flexibility index (Phi) is 3.41. The number of nitro benzene ring substituents is 1. The van der Waals surface area contributed by atoms with Crippen LogP contribution >= 0.6 is 11.6 Å². The second kappa shape index (κ2) is 4.80. The summed E-state index contributed by atoms with van der Waals surface area (Å²) in [6, 6.07) is 5.06. The Morgan fingerprint density at radius 3 is 3.00 bits per heavy atom. The quantitative estimate of drug-likeness (QED) is 0.652. The third-order valence-electron chi connectivity index (χ3n) is 2.89. The first-order valence-corrected chi connectivity index (χ1v) is 5.68. The van der Waals surface area contributed by atoms with Crippen molar-refractivity contribution in [1.82, 2.24) is 5.32 Å². The summed E-state index contributed by atoms with van der Waals surface area (Å²) < 4.78 is 0. The van der Waals surface area contributed by atoms with Crippen LogP contribution in [0.2, 0.25) is 5.02 Å². The predicted octanol–water partition coefficient (Wildman–Crippen LogP) is 2.40. The Hall–Kier alpha value is -1.13. The molecule has 1 unspecified atom stereocenters. The van der Waals surface area contributed by atoms with E-state index in [4.69, 9.17) is 11.6 Å². The summed E-state index contributed by atoms with van der Waals surface area (Å²) in [6.45, 7) is 2.04. The fourth-order valence-electron chi connectivity index (χ4n) is 2.05. The van der Waals surface area contributed by atoms with Crippen molar-refractivity contribution in [2.45, 2.75) is 12.8 Å². The predicted molar refractivity (Wildman–Crippen MR) is 62.8 cm³/mol. The van der Waals surface area contributed by atoms with E-state index in [1.54, 1.807) is 12.1 Å². The van der Waals surface area contributed by atoms with Crippen LogP contribution in [0.5, 0.6) is 0 Å². The maximum atomic E-state index is 10.7. The minimum Gasteiger partial charge on any atom is -0.316 e. The van der Waals surface area contributed by atoms with Crippen LogP contribution in [0.15, 0.2) is 18.2 Å². The molecule has 86 valence electrons. The third-order valence-corrected chi connectivity index (χ3v) is 3.21. The van der Waals surface area contributed by atoms with E-state index < -0.39 is 4.92 Å². The molecule has 1 aliphatic heterocycles. The number of nitro groups is 1. The molecule has 0 amide bonds. The van der Waals surface area contributed by atoms with Gasteiger partial charge in [0, 0.05) is 6.07 Å². The van der Waals surface area contributed by atoms with Gasteiger partial charge in [-0.25, -0.2) is 0 Å². The van der Waals surface area contributed by atoms with Gasteiger partial charge >= 0.3 is 0 Å². The molecular formula is C11H13ClN2O2. The highest BCUT2D eigenvalue weighted by Crippen LogP contribution is 2.26. The van der Waals surface area contributed by atoms with Crippen molar-refractivity contribution in [3.8, 4) is 0 Å². The number of nitrogens with zero attached hydrogens (tertiary/aromatic N) is 1. The zero-order valence-corrected chi connectivity index (χ0v) is 9.54. The monoisotopic (exact) mass is 240 g/mol. The van der Waals surface area contributed by atoms with Crippen molar-refractivity contribution in [1.29, 1.82) is 0 Å². The topological polar surface area (TPSA) is 55.2 Å². The molecule has 0 bridgehead atoms. The molecule has 1 fully saturated rings. The van der Waals surface area contributed by atoms with Crippen LogP contribution in [-0.2, 0) is 6.42 Å². The van der Waals surface area contributed by atoms with Gasteiger partial charge < -0.3 is 5.32 Å². The fraction of sp³-hybridized carbons (Fsp3) is 0.455. The second-order valence-corrected chi connectivity index (χ2v) is 4.51. The average Bonchev–Trinajstić information content (AvgIpc) is 2.73. The molecule has 1 heterocycles. The number of nitrogens with one attached hydrogen (secondary N) is 1. The van der Waals surface area contributed by atoms with E-state index in [0.29, 0.717) is 5.92 Å². The molecule has 16 heavy (non-hydrogen) atoms. The zero-order valence-electron chi connectivity index (χ0n) is 8.78. The van der Waals surface area contributed by atoms with E-state index in [0.717, 1.165) is 31.5 Å². The van der Waals surface area contributed by atoms with Crippen LogP contribution in [0.3, 0.4) is 0 Å². The Bertz CT molecular complexity index is 403. The smallest absolute Gasteiger partial charge is 0.288 e. The van der Waals surface area contributed by atoms with Crippen LogP contribution in [0.1, 0.15) is 12.0 Å². The van der Waals surface area contributed by atoms with Crippen LogP contribution < -0.4 is 5.32 Å². The first kappa shape index (κ1) is 11.4. The minimum atomic E-state index is -0.432. The van der Waals surface area contributed by atoms with E-state index in [-0.39, 0.29) is 10.7 Å². The Morgan fingerprint density at radius 1 is 1.56 bits per heavy atom. The highest BCUT2D eigenvalue weighted by atomic mass is 35.5. The molecule has 4 nitrogen and oxygen atoms in total. The molecule has 1 aromatic carbocycles. The van der Waals surface area contributed by atoms with Gasteiger partial charge in [0.05, 0.1) is 4.92 Å². The molecule has 1 aliphatic rings. The van der Waals surface area contributed by atoms with Gasteiger partial charge in [0.1, 0.15) is 5.02 Å². The fourth-order valence-corrected chi connectivity index (χ4v) is 2.23. The van der Waals surface area contributed by atoms with Crippen molar-refractivity contribution in [2.75, 3.05) is 13.1 Å². The van der Waals surface area contributed by atoms with Crippen molar-refractivity contribution in [3.63, 3.8) is 0 Å². The lowest BCUT2D eigenvalue weighted by atomic mass is 9.98. The second-order valence-electron chi connectivity index (χ2n) is 4.11. The van der Waals surface area contributed by atoms with Crippen LogP contribution in [0.25, 0.3) is 0 Å². The summed E-state index contributed by atoms with van der Waals surface area (Å²) >= 11 is 5.75. The standard InChI is InChI=1S/C11H13ClN2O2/c12-10-2-1-8(6-11(10)14(15)16)5-9-3-4-13-7-9/h1-2,6,9,13H,3-5,7H2. The lowest BCUT2D eigenvalue weighted by Gasteiger charge is -2.08. The molecule has 1 atom stereocenters. The summed E-state index contributed by atoms with van der Waals surface area (Å²) in [4.78, 5) is 10.3. The summed E-state index contributed by atoms with van der Waals surface area (Å²) in [5.74, 6) is 0.584. The molecule has 1 saturated heterocycles. The number of hydrogen-bond acceptors (Lipinski definition) is 3. The van der Waals surface area contributed by atoms with Gasteiger partial charge in [-0.1, -0.05) is 17.7 Å². The van der Waals surface area contributed by atoms with E-state index in [9.17, 15) is 10.1 Å². The van der Waals surface area contributed by atoms with Gasteiger partial charge in [-0.05, 0) is 43.5 Å². The van der Waals surface area contributed by atoms with Crippen molar-refractivity contribution >= 4 is 17.3 Å². The number of halogens is 1. The maximum Gasteiger partial charge on any atom is 0.288 e. The highest BCUT2D eigenvalue weighted by molar-refractivity contribution is 6.32. The Balaban J connectivity index is 2.15. The summed E-state index contributed by atoms with van der Waals surface area (Å²) in [6.07, 6.45) is 2.02. The number of rotatable bonds is 3. The molecule has 0 radical (unpaired) electrons. The number of hydrogen-bond donors (Lipinski definition) is 1. The average molecular weight is 241 g/mol. The molecule has 1 aromatic rings. The molecule has 1 N–H and O–H groups in total. The first-order valence-electron chi connectivity index (χ1n) is 5.30. The van der Waals surface area contributed by atoms with Crippen molar-refractivity contribution in [3.05, 3.63) is 38.9 Å². The molecular weight excluding hydrogens is 228 g/mol. The van der Waals surface area contributed by atoms with Crippen molar-refractivity contribution in [2.24, 2.45) is 5.92 Å². The van der Waals surface area contributed by atoms with Crippen molar-refractivity contribution < 1.29 is 4.92 Å².